The van der Waals surface area contributed by atoms with Crippen LogP contribution in [0.15, 0.2) is 0 Å². The van der Waals surface area contributed by atoms with E-state index < -0.39 is 6.23 Å². The Bertz CT molecular complexity index is 156. The summed E-state index contributed by atoms with van der Waals surface area (Å²) in [6.07, 6.45) is 0.325. The summed E-state index contributed by atoms with van der Waals surface area (Å²) in [6.45, 7) is 0. The van der Waals surface area contributed by atoms with Crippen molar-refractivity contribution < 1.29 is 5.11 Å². The van der Waals surface area contributed by atoms with Crippen LogP contribution in [0.4, 0.5) is 0 Å². The van der Waals surface area contributed by atoms with E-state index in [0.717, 1.165) is 0 Å². The molecular weight excluding hydrogens is 199 g/mol. The van der Waals surface area contributed by atoms with Crippen molar-refractivity contribution in [1.29, 1.82) is 0 Å². The van der Waals surface area contributed by atoms with Crippen LogP contribution in [0, 0.1) is 5.92 Å². The van der Waals surface area contributed by atoms with Gasteiger partial charge in [-0.25, -0.2) is 0 Å². The Kier molecular flexibility index (Phi) is 3.61. The molecule has 0 aromatic heterocycles. The highest BCUT2D eigenvalue weighted by Crippen LogP contribution is 2.32. The molecule has 0 spiro atoms. The second kappa shape index (κ2) is 4.11. The first-order valence-corrected chi connectivity index (χ1v) is 4.87. The average molecular weight is 213 g/mol. The summed E-state index contributed by atoms with van der Waals surface area (Å²) in [7, 11) is 0. The Hall–Kier alpha value is 0.460. The summed E-state index contributed by atoms with van der Waals surface area (Å²) in [5.41, 5.74) is 11.0. The van der Waals surface area contributed by atoms with E-state index in [4.69, 9.17) is 39.8 Å². The van der Waals surface area contributed by atoms with Crippen molar-refractivity contribution >= 4 is 23.2 Å². The smallest absolute Gasteiger partial charge is 0.106 e. The summed E-state index contributed by atoms with van der Waals surface area (Å²) >= 11 is 11.9. The second-order valence-electron chi connectivity index (χ2n) is 3.32. The maximum absolute atomic E-state index is 9.15. The fourth-order valence-corrected chi connectivity index (χ4v) is 2.36. The Balaban J connectivity index is 2.55. The maximum Gasteiger partial charge on any atom is 0.106 e. The number of halogens is 2. The quantitative estimate of drug-likeness (QED) is 0.430. The second-order valence-corrected chi connectivity index (χ2v) is 4.44. The van der Waals surface area contributed by atoms with E-state index in [0.29, 0.717) is 12.8 Å². The third-order valence-corrected chi connectivity index (χ3v) is 3.37. The molecule has 5 heteroatoms. The Morgan fingerprint density at radius 1 is 1.25 bits per heavy atom. The molecule has 5 N–H and O–H groups in total. The Morgan fingerprint density at radius 3 is 2.33 bits per heavy atom. The van der Waals surface area contributed by atoms with Crippen molar-refractivity contribution in [3.63, 3.8) is 0 Å². The van der Waals surface area contributed by atoms with Crippen molar-refractivity contribution in [2.45, 2.75) is 35.9 Å². The van der Waals surface area contributed by atoms with Crippen LogP contribution in [0.3, 0.4) is 0 Å². The molecule has 1 rings (SSSR count). The number of hydrogen-bond acceptors (Lipinski definition) is 3. The fraction of sp³-hybridized carbons (Fsp3) is 1.00. The van der Waals surface area contributed by atoms with Gasteiger partial charge < -0.3 is 16.6 Å². The average Bonchev–Trinajstić information content (AvgIpc) is 1.96. The molecule has 1 fully saturated rings. The highest BCUT2D eigenvalue weighted by molar-refractivity contribution is 6.24. The largest absolute Gasteiger partial charge is 0.378 e. The zero-order valence-corrected chi connectivity index (χ0v) is 8.17. The van der Waals surface area contributed by atoms with E-state index in [2.05, 4.69) is 0 Å². The van der Waals surface area contributed by atoms with Gasteiger partial charge in [0.1, 0.15) is 6.23 Å². The fourth-order valence-electron chi connectivity index (χ4n) is 1.53. The first kappa shape index (κ1) is 10.5. The molecule has 0 heterocycles. The zero-order chi connectivity index (χ0) is 9.30. The monoisotopic (exact) mass is 212 g/mol. The first-order valence-electron chi connectivity index (χ1n) is 3.99. The molecule has 0 amide bonds. The summed E-state index contributed by atoms with van der Waals surface area (Å²) in [6, 6.07) is -0.107. The molecule has 0 saturated heterocycles. The zero-order valence-electron chi connectivity index (χ0n) is 6.66. The van der Waals surface area contributed by atoms with Crippen molar-refractivity contribution in [2.24, 2.45) is 17.4 Å². The number of hydrogen-bond donors (Lipinski definition) is 3. The standard InChI is InChI=1S/C7H14Cl2N2O/c8-4-2-5(9)6(10)1-3(4)7(11)12/h3-7,12H,1-2,10-11H2/t3?,4-,5?,6?,7?/m1/s1. The van der Waals surface area contributed by atoms with Gasteiger partial charge in [-0.1, -0.05) is 0 Å². The van der Waals surface area contributed by atoms with Crippen molar-refractivity contribution in [1.82, 2.24) is 0 Å². The summed E-state index contributed by atoms with van der Waals surface area (Å²) < 4.78 is 0. The van der Waals surface area contributed by atoms with Crippen LogP contribution in [0.25, 0.3) is 0 Å². The van der Waals surface area contributed by atoms with Gasteiger partial charge >= 0.3 is 0 Å². The van der Waals surface area contributed by atoms with E-state index in [1.54, 1.807) is 0 Å². The first-order chi connectivity index (χ1) is 5.52. The van der Waals surface area contributed by atoms with Gasteiger partial charge in [-0.2, -0.15) is 0 Å². The van der Waals surface area contributed by atoms with E-state index >= 15 is 0 Å². The summed E-state index contributed by atoms with van der Waals surface area (Å²) in [5, 5.41) is 8.89. The minimum absolute atomic E-state index is 0.0949. The highest BCUT2D eigenvalue weighted by Gasteiger charge is 2.35. The predicted octanol–water partition coefficient (Wildman–Crippen LogP) is 0.216. The third-order valence-electron chi connectivity index (χ3n) is 2.36. The molecule has 4 unspecified atom stereocenters. The summed E-state index contributed by atoms with van der Waals surface area (Å²) in [4.78, 5) is 0. The molecule has 0 aromatic rings. The van der Waals surface area contributed by atoms with Gasteiger partial charge in [0.15, 0.2) is 0 Å². The lowest BCUT2D eigenvalue weighted by Crippen LogP contribution is -2.48. The SMILES string of the molecule is NC(O)C1CC(N)C(Cl)C[C@H]1Cl. The van der Waals surface area contributed by atoms with Gasteiger partial charge in [-0.05, 0) is 12.8 Å². The molecular formula is C7H14Cl2N2O. The van der Waals surface area contributed by atoms with Gasteiger partial charge in [-0.15, -0.1) is 23.2 Å². The van der Waals surface area contributed by atoms with Crippen LogP contribution < -0.4 is 11.5 Å². The van der Waals surface area contributed by atoms with Gasteiger partial charge in [0.25, 0.3) is 0 Å². The van der Waals surface area contributed by atoms with Crippen LogP contribution in [0.1, 0.15) is 12.8 Å². The molecule has 0 bridgehead atoms. The molecule has 3 nitrogen and oxygen atoms in total. The number of rotatable bonds is 1. The van der Waals surface area contributed by atoms with Crippen molar-refractivity contribution in [2.75, 3.05) is 0 Å². The molecule has 1 aliphatic carbocycles. The predicted molar refractivity (Wildman–Crippen MR) is 50.2 cm³/mol. The normalized spacial score (nSPS) is 45.8. The molecule has 0 radical (unpaired) electrons. The molecule has 0 aromatic carbocycles. The van der Waals surface area contributed by atoms with Crippen LogP contribution in [-0.4, -0.2) is 28.1 Å². The Labute approximate surface area is 82.0 Å². The maximum atomic E-state index is 9.15. The molecule has 5 atom stereocenters. The molecule has 1 aliphatic rings. The van der Waals surface area contributed by atoms with Gasteiger partial charge in [-0.3, -0.25) is 0 Å². The number of aliphatic hydroxyl groups excluding tert-OH is 1. The number of alkyl halides is 2. The lowest BCUT2D eigenvalue weighted by atomic mass is 9.84. The number of aliphatic hydroxyl groups is 1. The van der Waals surface area contributed by atoms with Gasteiger partial charge in [0, 0.05) is 17.3 Å². The molecule has 72 valence electrons. The van der Waals surface area contributed by atoms with E-state index in [1.165, 1.54) is 0 Å². The topological polar surface area (TPSA) is 72.3 Å². The van der Waals surface area contributed by atoms with E-state index in [1.807, 2.05) is 0 Å². The van der Waals surface area contributed by atoms with Crippen LogP contribution in [0.2, 0.25) is 0 Å². The van der Waals surface area contributed by atoms with E-state index in [9.17, 15) is 0 Å². The van der Waals surface area contributed by atoms with Crippen LogP contribution in [-0.2, 0) is 0 Å². The van der Waals surface area contributed by atoms with Gasteiger partial charge in [0.05, 0.1) is 5.38 Å². The minimum Gasteiger partial charge on any atom is -0.378 e. The molecule has 12 heavy (non-hydrogen) atoms. The minimum atomic E-state index is -0.886. The lowest BCUT2D eigenvalue weighted by molar-refractivity contribution is 0.0889. The Morgan fingerprint density at radius 2 is 1.83 bits per heavy atom. The highest BCUT2D eigenvalue weighted by atomic mass is 35.5. The number of nitrogens with two attached hydrogens (primary N) is 2. The van der Waals surface area contributed by atoms with Gasteiger partial charge in [0.2, 0.25) is 0 Å². The van der Waals surface area contributed by atoms with Crippen molar-refractivity contribution in [3.05, 3.63) is 0 Å². The van der Waals surface area contributed by atoms with Crippen molar-refractivity contribution in [3.8, 4) is 0 Å². The van der Waals surface area contributed by atoms with E-state index in [-0.39, 0.29) is 22.7 Å². The lowest BCUT2D eigenvalue weighted by Gasteiger charge is -2.35. The third kappa shape index (κ3) is 2.24. The summed E-state index contributed by atoms with van der Waals surface area (Å²) in [5.74, 6) is -0.128. The van der Waals surface area contributed by atoms with Crippen LogP contribution >= 0.6 is 23.2 Å². The van der Waals surface area contributed by atoms with Crippen LogP contribution in [0.5, 0.6) is 0 Å². The molecule has 0 aliphatic heterocycles. The molecule has 1 saturated carbocycles.